The van der Waals surface area contributed by atoms with Gasteiger partial charge in [-0.05, 0) is 63.5 Å². The highest BCUT2D eigenvalue weighted by atomic mass is 32.1. The lowest BCUT2D eigenvalue weighted by atomic mass is 10.1. The fourth-order valence-electron chi connectivity index (χ4n) is 4.62. The maximum Gasteiger partial charge on any atom is 0.232 e. The van der Waals surface area contributed by atoms with E-state index in [-0.39, 0.29) is 17.1 Å². The Hall–Kier alpha value is -3.65. The Balaban J connectivity index is 1.45. The number of azo groups is 1. The van der Waals surface area contributed by atoms with Crippen LogP contribution in [0.25, 0.3) is 6.08 Å². The fraction of sp³-hybridized carbons (Fsp3) is 0.286. The summed E-state index contributed by atoms with van der Waals surface area (Å²) in [4.78, 5) is 35.8. The Morgan fingerprint density at radius 1 is 1.00 bits per heavy atom. The van der Waals surface area contributed by atoms with Crippen molar-refractivity contribution in [3.63, 3.8) is 0 Å². The van der Waals surface area contributed by atoms with Crippen molar-refractivity contribution in [2.45, 2.75) is 26.2 Å². The van der Waals surface area contributed by atoms with Crippen LogP contribution in [0, 0.1) is 6.92 Å². The number of aromatic nitrogens is 1. The van der Waals surface area contributed by atoms with Gasteiger partial charge in [-0.15, -0.1) is 10.2 Å². The molecule has 2 aliphatic rings. The Morgan fingerprint density at radius 3 is 2.28 bits per heavy atom. The molecule has 0 spiro atoms. The van der Waals surface area contributed by atoms with Gasteiger partial charge in [-0.1, -0.05) is 35.6 Å². The first kappa shape index (κ1) is 24.1. The summed E-state index contributed by atoms with van der Waals surface area (Å²) in [7, 11) is 0. The number of thiazole rings is 1. The van der Waals surface area contributed by atoms with Crippen LogP contribution in [0.2, 0.25) is 0 Å². The predicted molar refractivity (Wildman–Crippen MR) is 145 cm³/mol. The Bertz CT molecular complexity index is 1300. The van der Waals surface area contributed by atoms with Gasteiger partial charge < -0.3 is 9.80 Å². The van der Waals surface area contributed by atoms with Gasteiger partial charge in [0.2, 0.25) is 5.13 Å². The maximum absolute atomic E-state index is 13.0. The molecule has 2 heterocycles. The van der Waals surface area contributed by atoms with Crippen LogP contribution in [-0.2, 0) is 0 Å². The van der Waals surface area contributed by atoms with E-state index in [1.54, 1.807) is 30.3 Å². The van der Waals surface area contributed by atoms with Crippen LogP contribution in [0.5, 0.6) is 0 Å². The highest BCUT2D eigenvalue weighted by Crippen LogP contribution is 2.38. The van der Waals surface area contributed by atoms with Crippen LogP contribution in [0.4, 0.5) is 22.3 Å². The number of allylic oxidation sites excluding steroid dienone is 1. The number of piperidine rings is 1. The molecule has 0 atom stereocenters. The molecule has 1 radical (unpaired) electrons. The lowest BCUT2D eigenvalue weighted by molar-refractivity contribution is 0.0990. The summed E-state index contributed by atoms with van der Waals surface area (Å²) in [6, 6.07) is 14.8. The number of ketones is 2. The number of anilines is 2. The predicted octanol–water partition coefficient (Wildman–Crippen LogP) is 6.67. The number of carbonyl (C=O) groups excluding carboxylic acids is 2. The number of rotatable bonds is 7. The van der Waals surface area contributed by atoms with E-state index < -0.39 is 0 Å². The number of benzene rings is 2. The first-order valence-corrected chi connectivity index (χ1v) is 13.1. The van der Waals surface area contributed by atoms with Crippen molar-refractivity contribution in [1.29, 1.82) is 0 Å². The van der Waals surface area contributed by atoms with E-state index in [0.29, 0.717) is 22.8 Å². The van der Waals surface area contributed by atoms with E-state index in [2.05, 4.69) is 33.9 Å². The highest BCUT2D eigenvalue weighted by molar-refractivity contribution is 7.16. The molecule has 7 nitrogen and oxygen atoms in total. The maximum atomic E-state index is 13.0. The number of carbonyl (C=O) groups is 2. The molecular weight excluding hydrogens is 470 g/mol. The summed E-state index contributed by atoms with van der Waals surface area (Å²) < 4.78 is 0. The van der Waals surface area contributed by atoms with Crippen LogP contribution in [0.3, 0.4) is 0 Å². The average Bonchev–Trinajstić information content (AvgIpc) is 3.44. The quantitative estimate of drug-likeness (QED) is 0.206. The largest absolute Gasteiger partial charge is 0.372 e. The molecule has 8 heteroatoms. The molecule has 2 aromatic carbocycles. The molecule has 1 aromatic heterocycles. The van der Waals surface area contributed by atoms with Gasteiger partial charge in [0.05, 0.1) is 16.1 Å². The first-order valence-electron chi connectivity index (χ1n) is 12.3. The normalized spacial score (nSPS) is 15.6. The standard InChI is InChI=1S/C28H28N5O2S/c1-3-32(4-2)20-14-12-19(13-15-20)30-31-28-29-27(33-16-8-5-9-17-33)24(36-28)18-23-25(34)21-10-6-7-11-22(21)26(23)35/h6-7,10-15,18H,1,3-5,8-9,16-17H2,2H3/b31-30+. The third kappa shape index (κ3) is 4.73. The number of Topliss-reactive ketones (excluding diaryl/α,β-unsaturated/α-hetero) is 2. The van der Waals surface area contributed by atoms with E-state index in [4.69, 9.17) is 4.98 Å². The van der Waals surface area contributed by atoms with Crippen molar-refractivity contribution >= 4 is 51.3 Å². The van der Waals surface area contributed by atoms with E-state index in [1.807, 2.05) is 24.3 Å². The minimum Gasteiger partial charge on any atom is -0.372 e. The zero-order valence-corrected chi connectivity index (χ0v) is 21.1. The summed E-state index contributed by atoms with van der Waals surface area (Å²) in [6.07, 6.45) is 5.05. The average molecular weight is 499 g/mol. The Labute approximate surface area is 215 Å². The lowest BCUT2D eigenvalue weighted by Crippen LogP contribution is -2.30. The minimum atomic E-state index is -0.236. The van der Waals surface area contributed by atoms with Crippen molar-refractivity contribution in [2.75, 3.05) is 36.0 Å². The molecule has 5 rings (SSSR count). The van der Waals surface area contributed by atoms with Crippen LogP contribution >= 0.6 is 11.3 Å². The lowest BCUT2D eigenvalue weighted by Gasteiger charge is -2.27. The first-order chi connectivity index (χ1) is 17.6. The van der Waals surface area contributed by atoms with Crippen molar-refractivity contribution in [2.24, 2.45) is 10.2 Å². The Morgan fingerprint density at radius 2 is 1.67 bits per heavy atom. The zero-order valence-electron chi connectivity index (χ0n) is 20.3. The number of fused-ring (bicyclic) bond motifs is 1. The highest BCUT2D eigenvalue weighted by Gasteiger charge is 2.33. The van der Waals surface area contributed by atoms with Gasteiger partial charge in [0.1, 0.15) is 5.82 Å². The smallest absolute Gasteiger partial charge is 0.232 e. The molecule has 183 valence electrons. The number of hydrogen-bond acceptors (Lipinski definition) is 8. The molecule has 0 saturated carbocycles. The molecule has 0 N–H and O–H groups in total. The van der Waals surface area contributed by atoms with Crippen molar-refractivity contribution < 1.29 is 9.59 Å². The third-order valence-electron chi connectivity index (χ3n) is 6.58. The summed E-state index contributed by atoms with van der Waals surface area (Å²) in [6.45, 7) is 9.42. The van der Waals surface area contributed by atoms with Crippen molar-refractivity contribution in [3.8, 4) is 0 Å². The topological polar surface area (TPSA) is 78.2 Å². The SMILES string of the molecule is [CH2]CN(CC)c1ccc(/N=N/c2nc(N3CCCCC3)c(C=C3C(=O)c4ccccc4C3=O)s2)cc1. The van der Waals surface area contributed by atoms with Crippen LogP contribution in [0.15, 0.2) is 64.3 Å². The van der Waals surface area contributed by atoms with E-state index in [9.17, 15) is 9.59 Å². The van der Waals surface area contributed by atoms with Gasteiger partial charge in [0, 0.05) is 43.0 Å². The molecule has 0 unspecified atom stereocenters. The second-order valence-electron chi connectivity index (χ2n) is 8.79. The van der Waals surface area contributed by atoms with Gasteiger partial charge in [-0.25, -0.2) is 0 Å². The molecule has 1 saturated heterocycles. The molecule has 1 fully saturated rings. The Kier molecular flexibility index (Phi) is 7.04. The number of hydrogen-bond donors (Lipinski definition) is 0. The van der Waals surface area contributed by atoms with E-state index in [0.717, 1.165) is 54.5 Å². The molecule has 36 heavy (non-hydrogen) atoms. The molecule has 3 aromatic rings. The van der Waals surface area contributed by atoms with Crippen LogP contribution < -0.4 is 9.80 Å². The van der Waals surface area contributed by atoms with Crippen molar-refractivity contribution in [3.05, 3.63) is 77.0 Å². The molecular formula is C28H28N5O2S. The zero-order chi connectivity index (χ0) is 25.1. The monoisotopic (exact) mass is 498 g/mol. The molecule has 1 aliphatic heterocycles. The van der Waals surface area contributed by atoms with Gasteiger partial charge in [0.15, 0.2) is 11.6 Å². The summed E-state index contributed by atoms with van der Waals surface area (Å²) in [5.41, 5.74) is 2.92. The third-order valence-corrected chi connectivity index (χ3v) is 7.45. The van der Waals surface area contributed by atoms with Gasteiger partial charge >= 0.3 is 0 Å². The molecule has 1 aliphatic carbocycles. The van der Waals surface area contributed by atoms with Crippen LogP contribution in [0.1, 0.15) is 51.8 Å². The second-order valence-corrected chi connectivity index (χ2v) is 9.80. The molecule has 0 amide bonds. The van der Waals surface area contributed by atoms with E-state index in [1.165, 1.54) is 17.8 Å². The summed E-state index contributed by atoms with van der Waals surface area (Å²) in [5, 5.41) is 9.28. The minimum absolute atomic E-state index is 0.183. The van der Waals surface area contributed by atoms with Gasteiger partial charge in [-0.3, -0.25) is 9.59 Å². The molecule has 0 bridgehead atoms. The number of nitrogens with zero attached hydrogens (tertiary/aromatic N) is 5. The van der Waals surface area contributed by atoms with Crippen LogP contribution in [-0.4, -0.2) is 42.7 Å². The summed E-state index contributed by atoms with van der Waals surface area (Å²) in [5.74, 6) is 0.294. The van der Waals surface area contributed by atoms with Gasteiger partial charge in [-0.2, -0.15) is 4.98 Å². The fourth-order valence-corrected chi connectivity index (χ4v) is 5.47. The second kappa shape index (κ2) is 10.5. The summed E-state index contributed by atoms with van der Waals surface area (Å²) >= 11 is 1.35. The van der Waals surface area contributed by atoms with Gasteiger partial charge in [0.25, 0.3) is 0 Å². The van der Waals surface area contributed by atoms with Crippen molar-refractivity contribution in [1.82, 2.24) is 4.98 Å². The van der Waals surface area contributed by atoms with E-state index >= 15 is 0 Å².